The lowest BCUT2D eigenvalue weighted by Crippen LogP contribution is -2.29. The fourth-order valence-electron chi connectivity index (χ4n) is 2.11. The molecule has 0 bridgehead atoms. The van der Waals surface area contributed by atoms with Gasteiger partial charge in [-0.25, -0.2) is 4.68 Å². The van der Waals surface area contributed by atoms with E-state index >= 15 is 0 Å². The summed E-state index contributed by atoms with van der Waals surface area (Å²) in [5.41, 5.74) is 2.21. The number of hydrogen-bond donors (Lipinski definition) is 1. The second-order valence-electron chi connectivity index (χ2n) is 5.40. The van der Waals surface area contributed by atoms with Crippen LogP contribution in [0.5, 0.6) is 5.75 Å². The first kappa shape index (κ1) is 16.2. The van der Waals surface area contributed by atoms with Crippen LogP contribution in [0, 0.1) is 6.92 Å². The molecule has 0 aliphatic rings. The highest BCUT2D eigenvalue weighted by atomic mass is 16.5. The Morgan fingerprint density at radius 1 is 1.32 bits per heavy atom. The Morgan fingerprint density at radius 2 is 2.00 bits per heavy atom. The summed E-state index contributed by atoms with van der Waals surface area (Å²) in [7, 11) is 1.64. The van der Waals surface area contributed by atoms with E-state index in [2.05, 4.69) is 24.3 Å². The second-order valence-corrected chi connectivity index (χ2v) is 5.40. The molecule has 118 valence electrons. The lowest BCUT2D eigenvalue weighted by molar-refractivity contribution is 0.414. The van der Waals surface area contributed by atoms with Gasteiger partial charge in [0.25, 0.3) is 0 Å². The number of aromatic nitrogens is 2. The average Bonchev–Trinajstić information content (AvgIpc) is 2.54. The highest BCUT2D eigenvalue weighted by molar-refractivity contribution is 5.37. The average molecular weight is 301 g/mol. The predicted molar refractivity (Wildman–Crippen MR) is 87.7 cm³/mol. The summed E-state index contributed by atoms with van der Waals surface area (Å²) >= 11 is 0. The number of hydrogen-bond acceptors (Lipinski definition) is 4. The molecule has 1 N–H and O–H groups in total. The minimum absolute atomic E-state index is 0.0296. The number of ether oxygens (including phenoxy) is 1. The van der Waals surface area contributed by atoms with Crippen molar-refractivity contribution >= 4 is 0 Å². The summed E-state index contributed by atoms with van der Waals surface area (Å²) in [6.07, 6.45) is 1.01. The molecule has 0 spiro atoms. The SMILES string of the molecule is CCC(C)NCc1nn(-c2ccc(OC)cc2)c(C)cc1=O. The summed E-state index contributed by atoms with van der Waals surface area (Å²) < 4.78 is 6.95. The third-order valence-corrected chi connectivity index (χ3v) is 3.73. The molecule has 0 saturated carbocycles. The van der Waals surface area contributed by atoms with Gasteiger partial charge in [0.15, 0.2) is 0 Å². The van der Waals surface area contributed by atoms with Crippen molar-refractivity contribution in [1.82, 2.24) is 15.1 Å². The quantitative estimate of drug-likeness (QED) is 0.890. The molecule has 0 saturated heterocycles. The summed E-state index contributed by atoms with van der Waals surface area (Å²) in [5.74, 6) is 0.793. The van der Waals surface area contributed by atoms with Gasteiger partial charge in [-0.2, -0.15) is 5.10 Å². The number of aryl methyl sites for hydroxylation is 1. The Hall–Kier alpha value is -2.14. The van der Waals surface area contributed by atoms with Gasteiger partial charge >= 0.3 is 0 Å². The first-order valence-corrected chi connectivity index (χ1v) is 7.52. The van der Waals surface area contributed by atoms with Crippen LogP contribution in [-0.2, 0) is 6.54 Å². The topological polar surface area (TPSA) is 56.1 Å². The molecular weight excluding hydrogens is 278 g/mol. The smallest absolute Gasteiger partial charge is 0.204 e. The van der Waals surface area contributed by atoms with Crippen LogP contribution < -0.4 is 15.5 Å². The van der Waals surface area contributed by atoms with E-state index in [0.717, 1.165) is 23.6 Å². The van der Waals surface area contributed by atoms with E-state index < -0.39 is 0 Å². The first-order chi connectivity index (χ1) is 10.5. The third kappa shape index (κ3) is 3.74. The number of nitrogens with zero attached hydrogens (tertiary/aromatic N) is 2. The molecule has 1 unspecified atom stereocenters. The van der Waals surface area contributed by atoms with Crippen molar-refractivity contribution in [3.05, 3.63) is 51.9 Å². The van der Waals surface area contributed by atoms with Gasteiger partial charge in [-0.1, -0.05) is 6.92 Å². The van der Waals surface area contributed by atoms with Gasteiger partial charge in [0.05, 0.1) is 12.8 Å². The van der Waals surface area contributed by atoms with Crippen molar-refractivity contribution in [2.45, 2.75) is 39.8 Å². The van der Waals surface area contributed by atoms with Crippen molar-refractivity contribution < 1.29 is 4.74 Å². The fourth-order valence-corrected chi connectivity index (χ4v) is 2.11. The largest absolute Gasteiger partial charge is 0.497 e. The highest BCUT2D eigenvalue weighted by Gasteiger charge is 2.09. The van der Waals surface area contributed by atoms with Gasteiger partial charge in [-0.3, -0.25) is 4.79 Å². The zero-order valence-corrected chi connectivity index (χ0v) is 13.6. The van der Waals surface area contributed by atoms with Crippen LogP contribution >= 0.6 is 0 Å². The molecule has 0 radical (unpaired) electrons. The molecule has 0 aliphatic carbocycles. The van der Waals surface area contributed by atoms with E-state index in [1.807, 2.05) is 31.2 Å². The molecule has 5 nitrogen and oxygen atoms in total. The molecule has 0 fully saturated rings. The molecule has 1 heterocycles. The van der Waals surface area contributed by atoms with Crippen LogP contribution in [0.1, 0.15) is 31.7 Å². The molecule has 1 atom stereocenters. The Kier molecular flexibility index (Phi) is 5.33. The summed E-state index contributed by atoms with van der Waals surface area (Å²) in [5, 5.41) is 7.81. The maximum absolute atomic E-state index is 12.1. The van der Waals surface area contributed by atoms with Gasteiger partial charge in [-0.05, 0) is 44.5 Å². The van der Waals surface area contributed by atoms with E-state index in [0.29, 0.717) is 18.3 Å². The molecular formula is C17H23N3O2. The van der Waals surface area contributed by atoms with Crippen molar-refractivity contribution in [3.63, 3.8) is 0 Å². The Bertz CT molecular complexity index is 677. The van der Waals surface area contributed by atoms with Crippen LogP contribution in [0.25, 0.3) is 5.69 Å². The van der Waals surface area contributed by atoms with Crippen LogP contribution in [-0.4, -0.2) is 22.9 Å². The maximum atomic E-state index is 12.1. The van der Waals surface area contributed by atoms with E-state index in [4.69, 9.17) is 4.74 Å². The number of nitrogens with one attached hydrogen (secondary N) is 1. The normalized spacial score (nSPS) is 12.2. The zero-order chi connectivity index (χ0) is 16.1. The van der Waals surface area contributed by atoms with E-state index in [1.165, 1.54) is 0 Å². The second kappa shape index (κ2) is 7.22. The molecule has 5 heteroatoms. The molecule has 2 rings (SSSR count). The first-order valence-electron chi connectivity index (χ1n) is 7.52. The van der Waals surface area contributed by atoms with Crippen LogP contribution in [0.2, 0.25) is 0 Å². The highest BCUT2D eigenvalue weighted by Crippen LogP contribution is 2.15. The predicted octanol–water partition coefficient (Wildman–Crippen LogP) is 2.44. The maximum Gasteiger partial charge on any atom is 0.204 e. The monoisotopic (exact) mass is 301 g/mol. The van der Waals surface area contributed by atoms with Gasteiger partial charge in [0.1, 0.15) is 11.4 Å². The Labute approximate surface area is 130 Å². The van der Waals surface area contributed by atoms with Crippen molar-refractivity contribution in [2.24, 2.45) is 0 Å². The lowest BCUT2D eigenvalue weighted by Gasteiger charge is -2.14. The van der Waals surface area contributed by atoms with Crippen molar-refractivity contribution in [2.75, 3.05) is 7.11 Å². The summed E-state index contributed by atoms with van der Waals surface area (Å²) in [6, 6.07) is 9.60. The summed E-state index contributed by atoms with van der Waals surface area (Å²) in [6.45, 7) is 6.56. The molecule has 0 amide bonds. The van der Waals surface area contributed by atoms with Gasteiger partial charge in [-0.15, -0.1) is 0 Å². The Balaban J connectivity index is 2.32. The zero-order valence-electron chi connectivity index (χ0n) is 13.6. The Morgan fingerprint density at radius 3 is 2.59 bits per heavy atom. The van der Waals surface area contributed by atoms with Crippen LogP contribution in [0.15, 0.2) is 35.1 Å². The number of rotatable bonds is 6. The molecule has 1 aromatic carbocycles. The van der Waals surface area contributed by atoms with Gasteiger partial charge in [0.2, 0.25) is 5.43 Å². The number of methoxy groups -OCH3 is 1. The minimum Gasteiger partial charge on any atom is -0.497 e. The fraction of sp³-hybridized carbons (Fsp3) is 0.412. The van der Waals surface area contributed by atoms with Gasteiger partial charge < -0.3 is 10.1 Å². The molecule has 1 aromatic heterocycles. The van der Waals surface area contributed by atoms with Crippen molar-refractivity contribution in [1.29, 1.82) is 0 Å². The standard InChI is InChI=1S/C17H23N3O2/c1-5-12(2)18-11-16-17(21)10-13(3)20(19-16)14-6-8-15(22-4)9-7-14/h6-10,12,18H,5,11H2,1-4H3. The minimum atomic E-state index is -0.0296. The third-order valence-electron chi connectivity index (χ3n) is 3.73. The summed E-state index contributed by atoms with van der Waals surface area (Å²) in [4.78, 5) is 12.1. The van der Waals surface area contributed by atoms with E-state index in [1.54, 1.807) is 17.9 Å². The van der Waals surface area contributed by atoms with Crippen LogP contribution in [0.4, 0.5) is 0 Å². The molecule has 2 aromatic rings. The van der Waals surface area contributed by atoms with Crippen LogP contribution in [0.3, 0.4) is 0 Å². The van der Waals surface area contributed by atoms with Crippen molar-refractivity contribution in [3.8, 4) is 11.4 Å². The lowest BCUT2D eigenvalue weighted by atomic mass is 10.2. The van der Waals surface area contributed by atoms with Gasteiger partial charge in [0, 0.05) is 24.3 Å². The molecule has 22 heavy (non-hydrogen) atoms. The molecule has 0 aliphatic heterocycles. The van der Waals surface area contributed by atoms with E-state index in [9.17, 15) is 4.79 Å². The van der Waals surface area contributed by atoms with E-state index in [-0.39, 0.29) is 5.43 Å². The number of benzene rings is 1.